The summed E-state index contributed by atoms with van der Waals surface area (Å²) in [6.45, 7) is 8.08. The molecule has 1 aliphatic heterocycles. The van der Waals surface area contributed by atoms with Gasteiger partial charge in [0.05, 0.1) is 22.5 Å². The zero-order chi connectivity index (χ0) is 22.3. The van der Waals surface area contributed by atoms with Gasteiger partial charge >= 0.3 is 0 Å². The van der Waals surface area contributed by atoms with Crippen LogP contribution in [0, 0.1) is 5.92 Å². The Morgan fingerprint density at radius 2 is 1.81 bits per heavy atom. The van der Waals surface area contributed by atoms with Crippen molar-refractivity contribution in [3.63, 3.8) is 0 Å². The highest BCUT2D eigenvalue weighted by atomic mass is 32.2. The monoisotopic (exact) mass is 446 g/mol. The van der Waals surface area contributed by atoms with Gasteiger partial charge in [0.1, 0.15) is 5.75 Å². The smallest absolute Gasteiger partial charge is 0.258 e. The minimum absolute atomic E-state index is 0.0288. The molecule has 0 aliphatic carbocycles. The number of morpholine rings is 1. The molecule has 2 aromatic rings. The Labute approximate surface area is 184 Å². The van der Waals surface area contributed by atoms with Crippen LogP contribution in [0.15, 0.2) is 64.4 Å². The van der Waals surface area contributed by atoms with Crippen LogP contribution in [0.5, 0.6) is 5.75 Å². The normalized spacial score (nSPS) is 17.5. The third-order valence-electron chi connectivity index (χ3n) is 4.93. The zero-order valence-corrected chi connectivity index (χ0v) is 18.8. The molecular formula is C23H30N2O5S. The van der Waals surface area contributed by atoms with Crippen molar-refractivity contribution >= 4 is 15.7 Å². The van der Waals surface area contributed by atoms with E-state index in [0.717, 1.165) is 19.6 Å². The van der Waals surface area contributed by atoms with Crippen LogP contribution in [-0.4, -0.2) is 64.7 Å². The second-order valence-electron chi connectivity index (χ2n) is 8.03. The van der Waals surface area contributed by atoms with Crippen LogP contribution in [-0.2, 0) is 19.4 Å². The molecule has 1 N–H and O–H groups in total. The van der Waals surface area contributed by atoms with Gasteiger partial charge in [0, 0.05) is 26.2 Å². The van der Waals surface area contributed by atoms with Gasteiger partial charge < -0.3 is 14.8 Å². The fraction of sp³-hybridized carbons (Fsp3) is 0.435. The van der Waals surface area contributed by atoms with Crippen LogP contribution in [0.1, 0.15) is 13.8 Å². The predicted molar refractivity (Wildman–Crippen MR) is 118 cm³/mol. The molecule has 31 heavy (non-hydrogen) atoms. The molecule has 1 unspecified atom stereocenters. The van der Waals surface area contributed by atoms with Crippen molar-refractivity contribution in [3.8, 4) is 5.75 Å². The molecule has 1 amide bonds. The van der Waals surface area contributed by atoms with Gasteiger partial charge in [-0.3, -0.25) is 9.69 Å². The van der Waals surface area contributed by atoms with Crippen LogP contribution in [0.4, 0.5) is 0 Å². The number of hydrogen-bond acceptors (Lipinski definition) is 6. The summed E-state index contributed by atoms with van der Waals surface area (Å²) in [6.07, 6.45) is -0.0288. The number of amides is 1. The van der Waals surface area contributed by atoms with E-state index in [4.69, 9.17) is 9.47 Å². The van der Waals surface area contributed by atoms with Crippen LogP contribution in [0.3, 0.4) is 0 Å². The Morgan fingerprint density at radius 1 is 1.13 bits per heavy atom. The first-order chi connectivity index (χ1) is 14.8. The highest BCUT2D eigenvalue weighted by molar-refractivity contribution is 7.91. The summed E-state index contributed by atoms with van der Waals surface area (Å²) in [5, 5.41) is 2.84. The van der Waals surface area contributed by atoms with E-state index in [-0.39, 0.29) is 28.4 Å². The number of rotatable bonds is 9. The average Bonchev–Trinajstić information content (AvgIpc) is 2.77. The number of benzene rings is 2. The maximum absolute atomic E-state index is 12.6. The van der Waals surface area contributed by atoms with Gasteiger partial charge in [-0.1, -0.05) is 32.0 Å². The number of nitrogens with zero attached hydrogens (tertiary/aromatic N) is 1. The molecule has 3 rings (SSSR count). The maximum atomic E-state index is 12.6. The lowest BCUT2D eigenvalue weighted by Crippen LogP contribution is -2.48. The van der Waals surface area contributed by atoms with Crippen LogP contribution < -0.4 is 10.1 Å². The van der Waals surface area contributed by atoms with E-state index in [1.807, 2.05) is 0 Å². The Kier molecular flexibility index (Phi) is 8.06. The molecule has 1 heterocycles. The molecule has 0 radical (unpaired) electrons. The Morgan fingerprint density at radius 3 is 2.48 bits per heavy atom. The van der Waals surface area contributed by atoms with E-state index in [1.54, 1.807) is 42.5 Å². The molecule has 8 heteroatoms. The van der Waals surface area contributed by atoms with Gasteiger partial charge in [-0.2, -0.15) is 0 Å². The van der Waals surface area contributed by atoms with E-state index >= 15 is 0 Å². The standard InChI is InChI=1S/C23H30N2O5S/c1-18(2)15-25-12-13-29-20(16-25)14-24-23(26)17-30-19-8-10-22(11-9-19)31(27,28)21-6-4-3-5-7-21/h3-11,18,20H,12-17H2,1-2H3,(H,24,26). The highest BCUT2D eigenvalue weighted by Crippen LogP contribution is 2.22. The molecule has 0 saturated carbocycles. The molecule has 0 bridgehead atoms. The maximum Gasteiger partial charge on any atom is 0.258 e. The number of sulfone groups is 1. The molecule has 7 nitrogen and oxygen atoms in total. The zero-order valence-electron chi connectivity index (χ0n) is 18.0. The van der Waals surface area contributed by atoms with E-state index < -0.39 is 9.84 Å². The molecule has 1 aliphatic rings. The van der Waals surface area contributed by atoms with Crippen molar-refractivity contribution in [3.05, 3.63) is 54.6 Å². The first kappa shape index (κ1) is 23.2. The quantitative estimate of drug-likeness (QED) is 0.637. The summed E-state index contributed by atoms with van der Waals surface area (Å²) in [7, 11) is -3.57. The van der Waals surface area contributed by atoms with Crippen molar-refractivity contribution in [2.75, 3.05) is 39.4 Å². The molecule has 1 saturated heterocycles. The second-order valence-corrected chi connectivity index (χ2v) is 9.98. The lowest BCUT2D eigenvalue weighted by molar-refractivity contribution is -0.124. The van der Waals surface area contributed by atoms with Crippen molar-refractivity contribution in [2.45, 2.75) is 29.7 Å². The van der Waals surface area contributed by atoms with Gasteiger partial charge in [0.2, 0.25) is 9.84 Å². The van der Waals surface area contributed by atoms with Crippen molar-refractivity contribution in [1.29, 1.82) is 0 Å². The number of ether oxygens (including phenoxy) is 2. The molecular weight excluding hydrogens is 416 g/mol. The fourth-order valence-electron chi connectivity index (χ4n) is 3.46. The number of carbonyl (C=O) groups excluding carboxylic acids is 1. The third-order valence-corrected chi connectivity index (χ3v) is 6.72. The predicted octanol–water partition coefficient (Wildman–Crippen LogP) is 2.37. The Balaban J connectivity index is 1.45. The van der Waals surface area contributed by atoms with Crippen LogP contribution in [0.2, 0.25) is 0 Å². The van der Waals surface area contributed by atoms with E-state index in [2.05, 4.69) is 24.1 Å². The summed E-state index contributed by atoms with van der Waals surface area (Å²) in [5.74, 6) is 0.778. The van der Waals surface area contributed by atoms with Crippen molar-refractivity contribution in [2.24, 2.45) is 5.92 Å². The van der Waals surface area contributed by atoms with Gasteiger partial charge in [0.15, 0.2) is 6.61 Å². The Hall–Kier alpha value is -2.42. The third kappa shape index (κ3) is 6.78. The minimum atomic E-state index is -3.57. The van der Waals surface area contributed by atoms with Gasteiger partial charge in [-0.25, -0.2) is 8.42 Å². The summed E-state index contributed by atoms with van der Waals surface area (Å²) in [5.41, 5.74) is 0. The summed E-state index contributed by atoms with van der Waals surface area (Å²) >= 11 is 0. The van der Waals surface area contributed by atoms with Gasteiger partial charge in [-0.15, -0.1) is 0 Å². The first-order valence-electron chi connectivity index (χ1n) is 10.5. The summed E-state index contributed by atoms with van der Waals surface area (Å²) in [6, 6.07) is 14.3. The summed E-state index contributed by atoms with van der Waals surface area (Å²) < 4.78 is 36.4. The van der Waals surface area contributed by atoms with Crippen LogP contribution >= 0.6 is 0 Å². The van der Waals surface area contributed by atoms with Crippen molar-refractivity contribution < 1.29 is 22.7 Å². The largest absolute Gasteiger partial charge is 0.484 e. The van der Waals surface area contributed by atoms with E-state index in [0.29, 0.717) is 24.8 Å². The number of nitrogens with one attached hydrogen (secondary N) is 1. The minimum Gasteiger partial charge on any atom is -0.484 e. The lowest BCUT2D eigenvalue weighted by Gasteiger charge is -2.33. The van der Waals surface area contributed by atoms with E-state index in [9.17, 15) is 13.2 Å². The topological polar surface area (TPSA) is 84.9 Å². The molecule has 168 valence electrons. The molecule has 2 aromatic carbocycles. The van der Waals surface area contributed by atoms with Gasteiger partial charge in [0.25, 0.3) is 5.91 Å². The van der Waals surface area contributed by atoms with E-state index in [1.165, 1.54) is 12.1 Å². The number of hydrogen-bond donors (Lipinski definition) is 1. The molecule has 0 aromatic heterocycles. The molecule has 1 atom stereocenters. The fourth-order valence-corrected chi connectivity index (χ4v) is 4.75. The molecule has 1 fully saturated rings. The van der Waals surface area contributed by atoms with Gasteiger partial charge in [-0.05, 0) is 42.3 Å². The lowest BCUT2D eigenvalue weighted by atomic mass is 10.2. The average molecular weight is 447 g/mol. The summed E-state index contributed by atoms with van der Waals surface area (Å²) in [4.78, 5) is 14.9. The Bertz CT molecular complexity index is 946. The second kappa shape index (κ2) is 10.7. The van der Waals surface area contributed by atoms with Crippen LogP contribution in [0.25, 0.3) is 0 Å². The highest BCUT2D eigenvalue weighted by Gasteiger charge is 2.21. The molecule has 0 spiro atoms. The first-order valence-corrected chi connectivity index (χ1v) is 12.0. The SMILES string of the molecule is CC(C)CN1CCOC(CNC(=O)COc2ccc(S(=O)(=O)c3ccccc3)cc2)C1. The number of carbonyl (C=O) groups is 1. The van der Waals surface area contributed by atoms with Crippen molar-refractivity contribution in [1.82, 2.24) is 10.2 Å².